The zero-order valence-corrected chi connectivity index (χ0v) is 31.9. The van der Waals surface area contributed by atoms with Crippen LogP contribution in [0.15, 0.2) is 180 Å². The number of phenolic OH excluding ortho intramolecular Hbond substituents is 1. The topological polar surface area (TPSA) is 64.1 Å². The summed E-state index contributed by atoms with van der Waals surface area (Å²) in [5.41, 5.74) is 14.2. The second-order valence-electron chi connectivity index (χ2n) is 15.6. The molecule has 0 aliphatic heterocycles. The first-order chi connectivity index (χ1) is 27.8. The zero-order chi connectivity index (χ0) is 38.7. The van der Waals surface area contributed by atoms with Gasteiger partial charge in [-0.15, -0.1) is 0 Å². The number of nitrogens with zero attached hydrogens (tertiary/aromatic N) is 3. The van der Waals surface area contributed by atoms with Gasteiger partial charge in [0.05, 0.1) is 28.0 Å². The molecule has 0 spiro atoms. The highest BCUT2D eigenvalue weighted by Crippen LogP contribution is 2.43. The van der Waals surface area contributed by atoms with E-state index in [0.29, 0.717) is 17.0 Å². The van der Waals surface area contributed by atoms with Crippen LogP contribution in [0.3, 0.4) is 0 Å². The minimum Gasteiger partial charge on any atom is -0.507 e. The number of phenols is 1. The van der Waals surface area contributed by atoms with Gasteiger partial charge in [-0.05, 0) is 81.8 Å². The van der Waals surface area contributed by atoms with Crippen LogP contribution in [-0.2, 0) is 5.41 Å². The fraction of sp³-hybridized carbons (Fsp3) is 0.0769. The lowest BCUT2D eigenvalue weighted by atomic mass is 9.83. The standard InChI is InChI=1S/C52H39N3O2/c1-52(2,3)38-28-36(27-37(29-38)44-30-35(25-26-53-44)33-15-6-4-7-16-33)40-21-14-23-46-50(40)54-51(55(46)45-22-12-10-19-39(45)34-17-8-5-9-18-34)43-31-42-41-20-11-13-24-48(41)57-49(42)32-47(43)56/h4-32,56H,1-3H3. The van der Waals surface area contributed by atoms with E-state index in [0.717, 1.165) is 77.7 Å². The number of rotatable bonds is 6. The lowest BCUT2D eigenvalue weighted by Gasteiger charge is -2.22. The van der Waals surface area contributed by atoms with E-state index < -0.39 is 0 Å². The molecular formula is C52H39N3O2. The van der Waals surface area contributed by atoms with Crippen LogP contribution in [-0.4, -0.2) is 19.6 Å². The maximum absolute atomic E-state index is 11.8. The van der Waals surface area contributed by atoms with Crippen LogP contribution >= 0.6 is 0 Å². The smallest absolute Gasteiger partial charge is 0.149 e. The molecule has 0 unspecified atom stereocenters. The van der Waals surface area contributed by atoms with E-state index in [-0.39, 0.29) is 11.2 Å². The third-order valence-corrected chi connectivity index (χ3v) is 10.9. The second kappa shape index (κ2) is 13.5. The Balaban J connectivity index is 1.24. The van der Waals surface area contributed by atoms with Crippen molar-refractivity contribution in [3.05, 3.63) is 182 Å². The predicted octanol–water partition coefficient (Wildman–Crippen LogP) is 13.7. The summed E-state index contributed by atoms with van der Waals surface area (Å²) >= 11 is 0. The molecule has 0 aliphatic carbocycles. The van der Waals surface area contributed by atoms with Crippen molar-refractivity contribution in [2.75, 3.05) is 0 Å². The fourth-order valence-electron chi connectivity index (χ4n) is 7.99. The monoisotopic (exact) mass is 737 g/mol. The summed E-state index contributed by atoms with van der Waals surface area (Å²) in [5, 5.41) is 13.7. The van der Waals surface area contributed by atoms with Crippen molar-refractivity contribution in [2.45, 2.75) is 26.2 Å². The van der Waals surface area contributed by atoms with Gasteiger partial charge in [0.15, 0.2) is 0 Å². The first kappa shape index (κ1) is 34.3. The van der Waals surface area contributed by atoms with Crippen LogP contribution in [0.5, 0.6) is 5.75 Å². The molecule has 10 rings (SSSR count). The second-order valence-corrected chi connectivity index (χ2v) is 15.6. The minimum atomic E-state index is -0.136. The normalized spacial score (nSPS) is 11.8. The number of hydrogen-bond donors (Lipinski definition) is 1. The Bertz CT molecular complexity index is 3120. The molecular weight excluding hydrogens is 699 g/mol. The SMILES string of the molecule is CC(C)(C)c1cc(-c2cc(-c3ccccc3)ccn2)cc(-c2cccc3c2nc(-c2cc4c(cc2O)oc2ccccc24)n3-c2ccccc2-c2ccccc2)c1. The lowest BCUT2D eigenvalue weighted by molar-refractivity contribution is 0.476. The average Bonchev–Trinajstić information content (AvgIpc) is 3.81. The average molecular weight is 738 g/mol. The van der Waals surface area contributed by atoms with Gasteiger partial charge in [-0.3, -0.25) is 9.55 Å². The van der Waals surface area contributed by atoms with Gasteiger partial charge in [0, 0.05) is 39.7 Å². The van der Waals surface area contributed by atoms with Crippen LogP contribution < -0.4 is 0 Å². The van der Waals surface area contributed by atoms with Crippen molar-refractivity contribution >= 4 is 33.0 Å². The van der Waals surface area contributed by atoms with Gasteiger partial charge in [0.25, 0.3) is 0 Å². The van der Waals surface area contributed by atoms with Crippen LogP contribution in [0.4, 0.5) is 0 Å². The number of imidazole rings is 1. The molecule has 0 bridgehead atoms. The van der Waals surface area contributed by atoms with E-state index in [1.807, 2.05) is 42.6 Å². The molecule has 5 nitrogen and oxygen atoms in total. The minimum absolute atomic E-state index is 0.0956. The van der Waals surface area contributed by atoms with Crippen molar-refractivity contribution < 1.29 is 9.52 Å². The molecule has 0 saturated carbocycles. The Morgan fingerprint density at radius 1 is 0.526 bits per heavy atom. The highest BCUT2D eigenvalue weighted by Gasteiger charge is 2.24. The summed E-state index contributed by atoms with van der Waals surface area (Å²) in [4.78, 5) is 10.4. The Labute approximate surface area is 331 Å². The summed E-state index contributed by atoms with van der Waals surface area (Å²) in [5.74, 6) is 0.730. The molecule has 0 amide bonds. The van der Waals surface area contributed by atoms with E-state index in [1.54, 1.807) is 6.07 Å². The fourth-order valence-corrected chi connectivity index (χ4v) is 7.99. The Morgan fingerprint density at radius 3 is 2.04 bits per heavy atom. The molecule has 10 aromatic rings. The maximum Gasteiger partial charge on any atom is 0.149 e. The summed E-state index contributed by atoms with van der Waals surface area (Å²) in [6.45, 7) is 6.74. The molecule has 3 heterocycles. The summed E-state index contributed by atoms with van der Waals surface area (Å²) in [6, 6.07) is 58.4. The van der Waals surface area contributed by atoms with Crippen molar-refractivity contribution in [3.63, 3.8) is 0 Å². The van der Waals surface area contributed by atoms with Crippen LogP contribution in [0.2, 0.25) is 0 Å². The van der Waals surface area contributed by atoms with E-state index in [9.17, 15) is 5.11 Å². The van der Waals surface area contributed by atoms with Crippen molar-refractivity contribution in [1.82, 2.24) is 14.5 Å². The number of furan rings is 1. The molecule has 0 fully saturated rings. The van der Waals surface area contributed by atoms with Crippen LogP contribution in [0.1, 0.15) is 26.3 Å². The molecule has 0 saturated heterocycles. The molecule has 0 radical (unpaired) electrons. The number of hydrogen-bond acceptors (Lipinski definition) is 4. The predicted molar refractivity (Wildman–Crippen MR) is 234 cm³/mol. The number of pyridine rings is 1. The summed E-state index contributed by atoms with van der Waals surface area (Å²) in [6.07, 6.45) is 1.90. The number of aromatic hydroxyl groups is 1. The molecule has 274 valence electrons. The largest absolute Gasteiger partial charge is 0.507 e. The van der Waals surface area contributed by atoms with Gasteiger partial charge in [-0.25, -0.2) is 4.98 Å². The first-order valence-corrected chi connectivity index (χ1v) is 19.3. The van der Waals surface area contributed by atoms with E-state index in [2.05, 4.69) is 153 Å². The Morgan fingerprint density at radius 2 is 1.23 bits per heavy atom. The first-order valence-electron chi connectivity index (χ1n) is 19.3. The third-order valence-electron chi connectivity index (χ3n) is 10.9. The molecule has 7 aromatic carbocycles. The van der Waals surface area contributed by atoms with Gasteiger partial charge >= 0.3 is 0 Å². The number of fused-ring (bicyclic) bond motifs is 4. The summed E-state index contributed by atoms with van der Waals surface area (Å²) in [7, 11) is 0. The number of para-hydroxylation sites is 3. The lowest BCUT2D eigenvalue weighted by Crippen LogP contribution is -2.11. The summed E-state index contributed by atoms with van der Waals surface area (Å²) < 4.78 is 8.38. The van der Waals surface area contributed by atoms with E-state index in [4.69, 9.17) is 14.4 Å². The van der Waals surface area contributed by atoms with Gasteiger partial charge in [0.1, 0.15) is 22.7 Å². The van der Waals surface area contributed by atoms with Gasteiger partial charge in [-0.1, -0.05) is 136 Å². The molecule has 1 N–H and O–H groups in total. The van der Waals surface area contributed by atoms with Crippen molar-refractivity contribution in [2.24, 2.45) is 0 Å². The highest BCUT2D eigenvalue weighted by atomic mass is 16.3. The van der Waals surface area contributed by atoms with Crippen molar-refractivity contribution in [3.8, 4) is 67.5 Å². The van der Waals surface area contributed by atoms with Crippen LogP contribution in [0.25, 0.3) is 94.7 Å². The maximum atomic E-state index is 11.8. The Kier molecular flexibility index (Phi) is 8.12. The quantitative estimate of drug-likeness (QED) is 0.185. The van der Waals surface area contributed by atoms with E-state index >= 15 is 0 Å². The number of aromatic nitrogens is 3. The zero-order valence-electron chi connectivity index (χ0n) is 31.9. The molecule has 5 heteroatoms. The van der Waals surface area contributed by atoms with Crippen LogP contribution in [0, 0.1) is 0 Å². The molecule has 0 atom stereocenters. The van der Waals surface area contributed by atoms with Crippen molar-refractivity contribution in [1.29, 1.82) is 0 Å². The molecule has 3 aromatic heterocycles. The third kappa shape index (κ3) is 6.05. The van der Waals surface area contributed by atoms with Gasteiger partial charge < -0.3 is 9.52 Å². The molecule has 0 aliphatic rings. The van der Waals surface area contributed by atoms with Gasteiger partial charge in [-0.2, -0.15) is 0 Å². The Hall–Kier alpha value is -7.24. The van der Waals surface area contributed by atoms with E-state index in [1.165, 1.54) is 5.56 Å². The van der Waals surface area contributed by atoms with Gasteiger partial charge in [0.2, 0.25) is 0 Å². The molecule has 57 heavy (non-hydrogen) atoms. The number of benzene rings is 7. The highest BCUT2D eigenvalue weighted by molar-refractivity contribution is 6.07.